The fourth-order valence-electron chi connectivity index (χ4n) is 3.45. The molecule has 0 heterocycles. The molecular weight excluding hydrogens is 509 g/mol. The van der Waals surface area contributed by atoms with Crippen LogP contribution >= 0.6 is 7.82 Å². The Morgan fingerprint density at radius 3 is 2.00 bits per heavy atom. The Morgan fingerprint density at radius 2 is 1.39 bits per heavy atom. The molecule has 1 N–H and O–H groups in total. The molecule has 0 radical (unpaired) electrons. The van der Waals surface area contributed by atoms with Gasteiger partial charge < -0.3 is 18.9 Å². The van der Waals surface area contributed by atoms with Crippen molar-refractivity contribution in [3.8, 4) is 0 Å². The molecule has 2 unspecified atom stereocenters. The van der Waals surface area contributed by atoms with Crippen molar-refractivity contribution in [2.75, 3.05) is 47.5 Å². The second kappa shape index (κ2) is 22.6. The summed E-state index contributed by atoms with van der Waals surface area (Å²) in [5.74, 6) is -0.874. The molecule has 0 amide bonds. The summed E-state index contributed by atoms with van der Waals surface area (Å²) in [6.07, 6.45) is 17.1. The maximum Gasteiger partial charge on any atom is 0.472 e. The molecule has 0 aliphatic carbocycles. The molecule has 0 spiro atoms. The standard InChI is InChI=1S/C28H54NO8P/c1-6-8-9-10-11-12-13-14-15-16-17-18-19-21-28(31)37-26(24-34-27(30)20-7-2)25-36-38(32,33)35-23-22-29(3,4)5/h12-13,26H,6-11,14-25H2,1-5H3/p+1/b13-12-. The van der Waals surface area contributed by atoms with E-state index in [1.54, 1.807) is 0 Å². The smallest absolute Gasteiger partial charge is 0.462 e. The van der Waals surface area contributed by atoms with E-state index in [1.807, 2.05) is 28.1 Å². The van der Waals surface area contributed by atoms with Crippen LogP contribution in [0.25, 0.3) is 0 Å². The van der Waals surface area contributed by atoms with Crippen LogP contribution in [-0.2, 0) is 32.7 Å². The van der Waals surface area contributed by atoms with E-state index < -0.39 is 32.5 Å². The van der Waals surface area contributed by atoms with Gasteiger partial charge in [-0.05, 0) is 38.5 Å². The van der Waals surface area contributed by atoms with Crippen molar-refractivity contribution in [1.82, 2.24) is 0 Å². The normalized spacial score (nSPS) is 14.4. The van der Waals surface area contributed by atoms with Crippen molar-refractivity contribution in [1.29, 1.82) is 0 Å². The lowest BCUT2D eigenvalue weighted by molar-refractivity contribution is -0.870. The third-order valence-corrected chi connectivity index (χ3v) is 6.75. The molecular formula is C28H55NO8P+. The maximum absolute atomic E-state index is 12.3. The lowest BCUT2D eigenvalue weighted by Crippen LogP contribution is -2.37. The monoisotopic (exact) mass is 564 g/mol. The molecule has 0 aliphatic rings. The van der Waals surface area contributed by atoms with Crippen LogP contribution in [0.2, 0.25) is 0 Å². The fraction of sp³-hybridized carbons (Fsp3) is 0.857. The minimum atomic E-state index is -4.33. The SMILES string of the molecule is CCCCCC/C=C\CCCCCCCC(=O)OC(COC(=O)CCC)COP(=O)(O)OCC[N+](C)(C)C. The number of carbonyl (C=O) groups excluding carboxylic acids is 2. The zero-order chi connectivity index (χ0) is 28.7. The van der Waals surface area contributed by atoms with E-state index >= 15 is 0 Å². The van der Waals surface area contributed by atoms with Crippen molar-refractivity contribution in [2.24, 2.45) is 0 Å². The lowest BCUT2D eigenvalue weighted by Gasteiger charge is -2.24. The van der Waals surface area contributed by atoms with Crippen LogP contribution in [0.5, 0.6) is 0 Å². The van der Waals surface area contributed by atoms with E-state index in [0.29, 0.717) is 23.9 Å². The third kappa shape index (κ3) is 25.1. The Labute approximate surface area is 231 Å². The largest absolute Gasteiger partial charge is 0.472 e. The van der Waals surface area contributed by atoms with Gasteiger partial charge >= 0.3 is 19.8 Å². The second-order valence-electron chi connectivity index (χ2n) is 10.8. The Kier molecular flexibility index (Phi) is 21.8. The Bertz CT molecular complexity index is 693. The number of hydrogen-bond donors (Lipinski definition) is 1. The molecule has 38 heavy (non-hydrogen) atoms. The molecule has 0 aromatic heterocycles. The number of rotatable bonds is 25. The first-order valence-electron chi connectivity index (χ1n) is 14.4. The van der Waals surface area contributed by atoms with Gasteiger partial charge in [-0.15, -0.1) is 0 Å². The van der Waals surface area contributed by atoms with Crippen molar-refractivity contribution in [2.45, 2.75) is 110 Å². The molecule has 0 aromatic carbocycles. The van der Waals surface area contributed by atoms with Gasteiger partial charge in [-0.1, -0.05) is 64.5 Å². The first-order chi connectivity index (χ1) is 18.0. The quantitative estimate of drug-likeness (QED) is 0.0450. The number of unbranched alkanes of at least 4 members (excludes halogenated alkanes) is 9. The van der Waals surface area contributed by atoms with Crippen molar-refractivity contribution < 1.29 is 42.1 Å². The molecule has 0 fully saturated rings. The Morgan fingerprint density at radius 1 is 0.789 bits per heavy atom. The number of nitrogens with zero attached hydrogens (tertiary/aromatic N) is 1. The number of esters is 2. The van der Waals surface area contributed by atoms with Crippen LogP contribution in [0.4, 0.5) is 0 Å². The molecule has 10 heteroatoms. The van der Waals surface area contributed by atoms with Crippen LogP contribution in [0.1, 0.15) is 104 Å². The van der Waals surface area contributed by atoms with Crippen LogP contribution in [0, 0.1) is 0 Å². The summed E-state index contributed by atoms with van der Waals surface area (Å²) in [4.78, 5) is 34.0. The number of phosphoric ester groups is 1. The highest BCUT2D eigenvalue weighted by molar-refractivity contribution is 7.47. The zero-order valence-corrected chi connectivity index (χ0v) is 25.6. The van der Waals surface area contributed by atoms with Gasteiger partial charge in [0.25, 0.3) is 0 Å². The molecule has 9 nitrogen and oxygen atoms in total. The number of likely N-dealkylation sites (N-methyl/N-ethyl adjacent to an activating group) is 1. The van der Waals surface area contributed by atoms with Crippen molar-refractivity contribution in [3.05, 3.63) is 12.2 Å². The summed E-state index contributed by atoms with van der Waals surface area (Å²) < 4.78 is 33.3. The summed E-state index contributed by atoms with van der Waals surface area (Å²) in [5.41, 5.74) is 0. The van der Waals surface area contributed by atoms with Gasteiger partial charge in [0, 0.05) is 12.8 Å². The van der Waals surface area contributed by atoms with Gasteiger partial charge in [0.2, 0.25) is 0 Å². The predicted molar refractivity (Wildman–Crippen MR) is 151 cm³/mol. The average molecular weight is 565 g/mol. The average Bonchev–Trinajstić information content (AvgIpc) is 2.83. The van der Waals surface area contributed by atoms with Crippen molar-refractivity contribution in [3.63, 3.8) is 0 Å². The highest BCUT2D eigenvalue weighted by Crippen LogP contribution is 2.43. The topological polar surface area (TPSA) is 108 Å². The molecule has 2 atom stereocenters. The van der Waals surface area contributed by atoms with Crippen LogP contribution in [-0.4, -0.2) is 74.9 Å². The van der Waals surface area contributed by atoms with Gasteiger partial charge in [0.05, 0.1) is 27.7 Å². The number of allylic oxidation sites excluding steroid dienone is 2. The van der Waals surface area contributed by atoms with E-state index in [9.17, 15) is 19.0 Å². The first kappa shape index (κ1) is 36.8. The summed E-state index contributed by atoms with van der Waals surface area (Å²) in [5, 5.41) is 0. The summed E-state index contributed by atoms with van der Waals surface area (Å²) in [6.45, 7) is 3.97. The van der Waals surface area contributed by atoms with E-state index in [4.69, 9.17) is 18.5 Å². The maximum atomic E-state index is 12.3. The number of phosphoric acid groups is 1. The van der Waals surface area contributed by atoms with Crippen LogP contribution in [0.3, 0.4) is 0 Å². The lowest BCUT2D eigenvalue weighted by atomic mass is 10.1. The summed E-state index contributed by atoms with van der Waals surface area (Å²) in [6, 6.07) is 0. The van der Waals surface area contributed by atoms with Crippen LogP contribution in [0.15, 0.2) is 12.2 Å². The Balaban J connectivity index is 4.30. The molecule has 0 bridgehead atoms. The van der Waals surface area contributed by atoms with Gasteiger partial charge in [-0.2, -0.15) is 0 Å². The highest BCUT2D eigenvalue weighted by Gasteiger charge is 2.26. The van der Waals surface area contributed by atoms with E-state index in [1.165, 1.54) is 32.1 Å². The minimum absolute atomic E-state index is 0.0303. The van der Waals surface area contributed by atoms with Gasteiger partial charge in [0.1, 0.15) is 19.8 Å². The molecule has 0 rings (SSSR count). The molecule has 0 aromatic rings. The summed E-state index contributed by atoms with van der Waals surface area (Å²) >= 11 is 0. The zero-order valence-electron chi connectivity index (χ0n) is 24.7. The molecule has 0 saturated carbocycles. The van der Waals surface area contributed by atoms with Gasteiger partial charge in [0.15, 0.2) is 6.10 Å². The molecule has 0 saturated heterocycles. The first-order valence-corrected chi connectivity index (χ1v) is 15.9. The number of hydrogen-bond acceptors (Lipinski definition) is 7. The van der Waals surface area contributed by atoms with E-state index in [0.717, 1.165) is 32.1 Å². The predicted octanol–water partition coefficient (Wildman–Crippen LogP) is 6.34. The number of quaternary nitrogens is 1. The van der Waals surface area contributed by atoms with Crippen LogP contribution < -0.4 is 0 Å². The van der Waals surface area contributed by atoms with E-state index in [2.05, 4.69) is 19.1 Å². The van der Waals surface area contributed by atoms with E-state index in [-0.39, 0.29) is 26.1 Å². The van der Waals surface area contributed by atoms with Gasteiger partial charge in [-0.3, -0.25) is 18.6 Å². The fourth-order valence-corrected chi connectivity index (χ4v) is 4.20. The Hall–Kier alpha value is -1.25. The minimum Gasteiger partial charge on any atom is -0.462 e. The van der Waals surface area contributed by atoms with Crippen molar-refractivity contribution >= 4 is 19.8 Å². The van der Waals surface area contributed by atoms with Gasteiger partial charge in [-0.25, -0.2) is 4.57 Å². The highest BCUT2D eigenvalue weighted by atomic mass is 31.2. The number of ether oxygens (including phenoxy) is 2. The molecule has 224 valence electrons. The molecule has 0 aliphatic heterocycles. The third-order valence-electron chi connectivity index (χ3n) is 5.77. The number of carbonyl (C=O) groups is 2. The summed E-state index contributed by atoms with van der Waals surface area (Å²) in [7, 11) is 1.46. The second-order valence-corrected chi connectivity index (χ2v) is 12.2.